The van der Waals surface area contributed by atoms with Gasteiger partial charge in [-0.05, 0) is 42.8 Å². The Bertz CT molecular complexity index is 719. The molecule has 0 aliphatic carbocycles. The first-order chi connectivity index (χ1) is 11.6. The number of nitrogens with one attached hydrogen (secondary N) is 3. The van der Waals surface area contributed by atoms with Crippen LogP contribution in [0.3, 0.4) is 0 Å². The van der Waals surface area contributed by atoms with Crippen molar-refractivity contribution in [3.05, 3.63) is 58.6 Å². The van der Waals surface area contributed by atoms with Crippen LogP contribution in [0.4, 0.5) is 11.4 Å². The molecule has 24 heavy (non-hydrogen) atoms. The predicted molar refractivity (Wildman–Crippen MR) is 100 cm³/mol. The molecule has 0 atom stereocenters. The van der Waals surface area contributed by atoms with Gasteiger partial charge in [-0.15, -0.1) is 0 Å². The molecule has 0 unspecified atom stereocenters. The third kappa shape index (κ3) is 5.70. The number of carbonyl (C=O) groups excluding carboxylic acids is 2. The summed E-state index contributed by atoms with van der Waals surface area (Å²) in [4.78, 5) is 24.0. The van der Waals surface area contributed by atoms with E-state index in [1.54, 1.807) is 24.3 Å². The lowest BCUT2D eigenvalue weighted by molar-refractivity contribution is -0.114. The molecule has 2 rings (SSSR count). The average molecular weight is 390 g/mol. The fourth-order valence-corrected chi connectivity index (χ4v) is 2.46. The molecule has 126 valence electrons. The highest BCUT2D eigenvalue weighted by molar-refractivity contribution is 9.10. The molecule has 0 bridgehead atoms. The van der Waals surface area contributed by atoms with Crippen LogP contribution < -0.4 is 16.0 Å². The molecule has 2 aromatic rings. The zero-order valence-corrected chi connectivity index (χ0v) is 15.0. The summed E-state index contributed by atoms with van der Waals surface area (Å²) in [6.45, 7) is 2.77. The van der Waals surface area contributed by atoms with Gasteiger partial charge < -0.3 is 16.0 Å². The number of anilines is 2. The molecular weight excluding hydrogens is 370 g/mol. The second-order valence-corrected chi connectivity index (χ2v) is 6.16. The van der Waals surface area contributed by atoms with Crippen molar-refractivity contribution in [2.45, 2.75) is 13.3 Å². The van der Waals surface area contributed by atoms with Crippen molar-refractivity contribution in [3.63, 3.8) is 0 Å². The molecule has 0 spiro atoms. The Balaban J connectivity index is 1.90. The first-order valence-electron chi connectivity index (χ1n) is 7.76. The summed E-state index contributed by atoms with van der Waals surface area (Å²) >= 11 is 3.38. The Hall–Kier alpha value is -2.34. The van der Waals surface area contributed by atoms with Gasteiger partial charge in [-0.3, -0.25) is 9.59 Å². The van der Waals surface area contributed by atoms with E-state index in [2.05, 4.69) is 31.9 Å². The lowest BCUT2D eigenvalue weighted by Crippen LogP contribution is -2.24. The van der Waals surface area contributed by atoms with Gasteiger partial charge in [0.25, 0.3) is 5.91 Å². The summed E-state index contributed by atoms with van der Waals surface area (Å²) in [6, 6.07) is 14.5. The van der Waals surface area contributed by atoms with Crippen LogP contribution in [0.1, 0.15) is 23.7 Å². The van der Waals surface area contributed by atoms with Crippen LogP contribution in [-0.4, -0.2) is 24.9 Å². The lowest BCUT2D eigenvalue weighted by Gasteiger charge is -2.09. The van der Waals surface area contributed by atoms with Gasteiger partial charge in [0.1, 0.15) is 0 Å². The van der Waals surface area contributed by atoms with E-state index >= 15 is 0 Å². The second-order valence-electron chi connectivity index (χ2n) is 5.25. The van der Waals surface area contributed by atoms with Crippen LogP contribution in [0.25, 0.3) is 0 Å². The second kappa shape index (κ2) is 9.08. The Morgan fingerprint density at radius 1 is 1.04 bits per heavy atom. The van der Waals surface area contributed by atoms with Crippen LogP contribution in [0.5, 0.6) is 0 Å². The predicted octanol–water partition coefficient (Wildman–Crippen LogP) is 3.64. The number of amides is 2. The third-order valence-electron chi connectivity index (χ3n) is 3.22. The molecule has 2 amide bonds. The van der Waals surface area contributed by atoms with Gasteiger partial charge in [0.15, 0.2) is 0 Å². The lowest BCUT2D eigenvalue weighted by atomic mass is 10.2. The van der Waals surface area contributed by atoms with Crippen LogP contribution in [0.2, 0.25) is 0 Å². The molecule has 6 heteroatoms. The van der Waals surface area contributed by atoms with E-state index < -0.39 is 0 Å². The van der Waals surface area contributed by atoms with Crippen molar-refractivity contribution in [3.8, 4) is 0 Å². The summed E-state index contributed by atoms with van der Waals surface area (Å²) in [6.07, 6.45) is 0.878. The van der Waals surface area contributed by atoms with Crippen molar-refractivity contribution < 1.29 is 9.59 Å². The minimum Gasteiger partial charge on any atom is -0.376 e. The van der Waals surface area contributed by atoms with Gasteiger partial charge in [0.05, 0.1) is 6.54 Å². The average Bonchev–Trinajstić information content (AvgIpc) is 2.58. The standard InChI is InChI=1S/C18H20BrN3O2/c1-2-9-20-18(24)13-5-3-8-16(10-13)22-17(23)12-21-15-7-4-6-14(19)11-15/h3-8,10-11,21H,2,9,12H2,1H3,(H,20,24)(H,22,23). The van der Waals surface area contributed by atoms with Crippen LogP contribution in [-0.2, 0) is 4.79 Å². The zero-order chi connectivity index (χ0) is 17.4. The van der Waals surface area contributed by atoms with Crippen LogP contribution >= 0.6 is 15.9 Å². The van der Waals surface area contributed by atoms with E-state index in [-0.39, 0.29) is 18.4 Å². The molecular formula is C18H20BrN3O2. The molecule has 0 fully saturated rings. The molecule has 5 nitrogen and oxygen atoms in total. The summed E-state index contributed by atoms with van der Waals surface area (Å²) in [5.41, 5.74) is 1.98. The number of benzene rings is 2. The third-order valence-corrected chi connectivity index (χ3v) is 3.72. The molecule has 0 saturated heterocycles. The van der Waals surface area contributed by atoms with Gasteiger partial charge >= 0.3 is 0 Å². The highest BCUT2D eigenvalue weighted by Gasteiger charge is 2.07. The molecule has 0 aromatic heterocycles. The molecule has 3 N–H and O–H groups in total. The number of hydrogen-bond donors (Lipinski definition) is 3. The van der Waals surface area contributed by atoms with E-state index in [4.69, 9.17) is 0 Å². The zero-order valence-electron chi connectivity index (χ0n) is 13.4. The monoisotopic (exact) mass is 389 g/mol. The van der Waals surface area contributed by atoms with E-state index in [9.17, 15) is 9.59 Å². The summed E-state index contributed by atoms with van der Waals surface area (Å²) < 4.78 is 0.943. The number of rotatable bonds is 7. The first kappa shape index (κ1) is 18.0. The molecule has 0 saturated carbocycles. The summed E-state index contributed by atoms with van der Waals surface area (Å²) in [5.74, 6) is -0.318. The Morgan fingerprint density at radius 3 is 2.54 bits per heavy atom. The molecule has 0 aliphatic rings. The number of hydrogen-bond acceptors (Lipinski definition) is 3. The molecule has 0 aliphatic heterocycles. The smallest absolute Gasteiger partial charge is 0.251 e. The minimum absolute atomic E-state index is 0.139. The van der Waals surface area contributed by atoms with Gasteiger partial charge in [-0.2, -0.15) is 0 Å². The number of halogens is 1. The largest absolute Gasteiger partial charge is 0.376 e. The molecule has 0 heterocycles. The topological polar surface area (TPSA) is 70.2 Å². The molecule has 2 aromatic carbocycles. The van der Waals surface area contributed by atoms with Crippen molar-refractivity contribution in [2.24, 2.45) is 0 Å². The maximum absolute atomic E-state index is 12.0. The Morgan fingerprint density at radius 2 is 1.79 bits per heavy atom. The fraction of sp³-hybridized carbons (Fsp3) is 0.222. The Labute approximate surface area is 150 Å². The van der Waals surface area contributed by atoms with Gasteiger partial charge in [-0.25, -0.2) is 0 Å². The fourth-order valence-electron chi connectivity index (χ4n) is 2.06. The van der Waals surface area contributed by atoms with Crippen molar-refractivity contribution in [1.82, 2.24) is 5.32 Å². The quantitative estimate of drug-likeness (QED) is 0.676. The van der Waals surface area contributed by atoms with Crippen LogP contribution in [0.15, 0.2) is 53.0 Å². The van der Waals surface area contributed by atoms with E-state index in [0.717, 1.165) is 16.6 Å². The van der Waals surface area contributed by atoms with E-state index in [1.807, 2.05) is 31.2 Å². The van der Waals surface area contributed by atoms with Gasteiger partial charge in [0, 0.05) is 28.0 Å². The van der Waals surface area contributed by atoms with Crippen molar-refractivity contribution in [2.75, 3.05) is 23.7 Å². The van der Waals surface area contributed by atoms with Crippen molar-refractivity contribution >= 4 is 39.1 Å². The maximum atomic E-state index is 12.0. The first-order valence-corrected chi connectivity index (χ1v) is 8.55. The summed E-state index contributed by atoms with van der Waals surface area (Å²) in [7, 11) is 0. The number of carbonyl (C=O) groups is 2. The SMILES string of the molecule is CCCNC(=O)c1cccc(NC(=O)CNc2cccc(Br)c2)c1. The highest BCUT2D eigenvalue weighted by Crippen LogP contribution is 2.15. The Kier molecular flexibility index (Phi) is 6.81. The maximum Gasteiger partial charge on any atom is 0.251 e. The minimum atomic E-state index is -0.180. The van der Waals surface area contributed by atoms with Gasteiger partial charge in [0.2, 0.25) is 5.91 Å². The van der Waals surface area contributed by atoms with Crippen LogP contribution in [0, 0.1) is 0 Å². The van der Waals surface area contributed by atoms with E-state index in [0.29, 0.717) is 17.8 Å². The van der Waals surface area contributed by atoms with E-state index in [1.165, 1.54) is 0 Å². The van der Waals surface area contributed by atoms with Crippen molar-refractivity contribution in [1.29, 1.82) is 0 Å². The van der Waals surface area contributed by atoms with Gasteiger partial charge in [-0.1, -0.05) is 35.0 Å². The normalized spacial score (nSPS) is 10.1. The summed E-state index contributed by atoms with van der Waals surface area (Å²) in [5, 5.41) is 8.65. The highest BCUT2D eigenvalue weighted by atomic mass is 79.9. The molecule has 0 radical (unpaired) electrons.